The smallest absolute Gasteiger partial charge is 0.407 e. The normalized spacial score (nSPS) is 13.2. The van der Waals surface area contributed by atoms with Gasteiger partial charge >= 0.3 is 12.1 Å². The minimum absolute atomic E-state index is 0.122. The number of ether oxygens (including phenoxy) is 1. The maximum atomic E-state index is 12.5. The first-order chi connectivity index (χ1) is 16.8. The van der Waals surface area contributed by atoms with Crippen molar-refractivity contribution >= 4 is 52.1 Å². The van der Waals surface area contributed by atoms with Crippen LogP contribution in [-0.2, 0) is 9.53 Å². The van der Waals surface area contributed by atoms with Gasteiger partial charge in [-0.15, -0.1) is 30.1 Å². The van der Waals surface area contributed by atoms with E-state index in [-0.39, 0.29) is 31.6 Å². The zero-order valence-corrected chi connectivity index (χ0v) is 22.8. The van der Waals surface area contributed by atoms with Crippen LogP contribution in [-0.4, -0.2) is 103 Å². The topological polar surface area (TPSA) is 116 Å². The fourth-order valence-electron chi connectivity index (χ4n) is 2.75. The predicted molar refractivity (Wildman–Crippen MR) is 146 cm³/mol. The molecule has 0 aliphatic carbocycles. The maximum Gasteiger partial charge on any atom is 0.407 e. The van der Waals surface area contributed by atoms with Crippen molar-refractivity contribution in [3.05, 3.63) is 24.4 Å². The largest absolute Gasteiger partial charge is 0.445 e. The Kier molecular flexibility index (Phi) is 15.6. The van der Waals surface area contributed by atoms with Crippen LogP contribution < -0.4 is 10.6 Å². The Morgan fingerprint density at radius 3 is 2.74 bits per heavy atom. The van der Waals surface area contributed by atoms with Gasteiger partial charge in [0.05, 0.1) is 23.7 Å². The summed E-state index contributed by atoms with van der Waals surface area (Å²) in [4.78, 5) is 48.3. The van der Waals surface area contributed by atoms with Crippen LogP contribution in [0, 0.1) is 5.92 Å². The van der Waals surface area contributed by atoms with Crippen molar-refractivity contribution in [3.63, 3.8) is 0 Å². The van der Waals surface area contributed by atoms with Crippen molar-refractivity contribution in [1.29, 1.82) is 0 Å². The summed E-state index contributed by atoms with van der Waals surface area (Å²) in [5.74, 6) is 1.63. The van der Waals surface area contributed by atoms with E-state index in [0.717, 1.165) is 22.1 Å². The minimum Gasteiger partial charge on any atom is -0.445 e. The molecular weight excluding hydrogens is 488 g/mol. The second-order valence-corrected chi connectivity index (χ2v) is 9.76. The highest BCUT2D eigenvalue weighted by Gasteiger charge is 2.15. The molecule has 2 N–H and O–H groups in total. The number of carbonyl (C=O) groups excluding carboxylic acids is 3. The number of hydrogen-bond donors (Lipinski definition) is 2. The lowest BCUT2D eigenvalue weighted by Crippen LogP contribution is -2.46. The average Bonchev–Trinajstić information content (AvgIpc) is 2.85. The summed E-state index contributed by atoms with van der Waals surface area (Å²) in [6.07, 6.45) is 2.98. The molecule has 1 heterocycles. The molecular formula is C23H38N6O4S2. The fraction of sp³-hybridized carbons (Fsp3) is 0.609. The van der Waals surface area contributed by atoms with Crippen LogP contribution in [0.5, 0.6) is 0 Å². The molecule has 12 heteroatoms. The van der Waals surface area contributed by atoms with Crippen molar-refractivity contribution < 1.29 is 19.1 Å². The van der Waals surface area contributed by atoms with E-state index >= 15 is 0 Å². The number of carbonyl (C=O) groups is 3. The van der Waals surface area contributed by atoms with Crippen LogP contribution in [0.3, 0.4) is 0 Å². The lowest BCUT2D eigenvalue weighted by atomic mass is 10.2. The molecule has 196 valence electrons. The summed E-state index contributed by atoms with van der Waals surface area (Å²) in [5, 5.41) is 6.31. The van der Waals surface area contributed by atoms with Gasteiger partial charge < -0.3 is 25.2 Å². The first-order valence-corrected chi connectivity index (χ1v) is 13.6. The number of nitrogens with one attached hydrogen (secondary N) is 2. The molecule has 0 bridgehead atoms. The van der Waals surface area contributed by atoms with Gasteiger partial charge in [-0.1, -0.05) is 19.9 Å². The molecule has 4 amide bonds. The van der Waals surface area contributed by atoms with Gasteiger partial charge in [-0.3, -0.25) is 14.8 Å². The van der Waals surface area contributed by atoms with E-state index in [0.29, 0.717) is 32.1 Å². The first-order valence-electron chi connectivity index (χ1n) is 11.5. The average molecular weight is 527 g/mol. The van der Waals surface area contributed by atoms with E-state index < -0.39 is 6.09 Å². The number of likely N-dealkylation sites (N-methyl/N-ethyl adjacent to an activating group) is 2. The van der Waals surface area contributed by atoms with Gasteiger partial charge in [-0.25, -0.2) is 9.59 Å². The molecule has 0 aromatic rings. The summed E-state index contributed by atoms with van der Waals surface area (Å²) in [7, 11) is 1.67. The highest BCUT2D eigenvalue weighted by atomic mass is 32.2. The molecule has 1 rings (SSSR count). The Morgan fingerprint density at radius 2 is 2.11 bits per heavy atom. The fourth-order valence-corrected chi connectivity index (χ4v) is 4.15. The lowest BCUT2D eigenvalue weighted by Gasteiger charge is -2.22. The highest BCUT2D eigenvalue weighted by Crippen LogP contribution is 2.13. The van der Waals surface area contributed by atoms with Gasteiger partial charge in [0.25, 0.3) is 0 Å². The Labute approximate surface area is 217 Å². The maximum absolute atomic E-state index is 12.5. The van der Waals surface area contributed by atoms with Gasteiger partial charge in [0, 0.05) is 56.9 Å². The third-order valence-electron chi connectivity index (χ3n) is 4.72. The number of aliphatic imine (C=N–C) groups is 2. The molecule has 1 aliphatic heterocycles. The molecule has 0 unspecified atom stereocenters. The van der Waals surface area contributed by atoms with E-state index in [2.05, 4.69) is 41.0 Å². The van der Waals surface area contributed by atoms with Gasteiger partial charge in [-0.05, 0) is 12.5 Å². The summed E-state index contributed by atoms with van der Waals surface area (Å²) in [6.45, 7) is 11.7. The third-order valence-corrected chi connectivity index (χ3v) is 6.83. The number of rotatable bonds is 14. The van der Waals surface area contributed by atoms with Crippen molar-refractivity contribution in [1.82, 2.24) is 20.4 Å². The number of urea groups is 1. The Morgan fingerprint density at radius 1 is 1.34 bits per heavy atom. The summed E-state index contributed by atoms with van der Waals surface area (Å²) < 4.78 is 5.16. The van der Waals surface area contributed by atoms with Crippen LogP contribution in [0.15, 0.2) is 34.4 Å². The SMILES string of the molecule is C=CCSC(=NCCN(C)C(=O)NCC(=O)N(CC)CCNC(=O)OCC1=CN=CSC1)C(C)C. The van der Waals surface area contributed by atoms with Gasteiger partial charge in [0.2, 0.25) is 5.91 Å². The zero-order chi connectivity index (χ0) is 26.1. The molecule has 1 aliphatic rings. The Balaban J connectivity index is 2.31. The third kappa shape index (κ3) is 13.3. The molecule has 0 fully saturated rings. The minimum atomic E-state index is -0.546. The zero-order valence-electron chi connectivity index (χ0n) is 21.1. The molecule has 0 atom stereocenters. The second-order valence-electron chi connectivity index (χ2n) is 7.88. The monoisotopic (exact) mass is 526 g/mol. The molecule has 0 aromatic carbocycles. The van der Waals surface area contributed by atoms with E-state index in [1.165, 1.54) is 4.90 Å². The van der Waals surface area contributed by atoms with E-state index in [1.54, 1.807) is 47.2 Å². The number of nitrogens with zero attached hydrogens (tertiary/aromatic N) is 4. The Bertz CT molecular complexity index is 801. The number of hydrogen-bond acceptors (Lipinski definition) is 8. The van der Waals surface area contributed by atoms with Crippen LogP contribution in [0.25, 0.3) is 0 Å². The quantitative estimate of drug-likeness (QED) is 0.204. The molecule has 0 spiro atoms. The van der Waals surface area contributed by atoms with Crippen LogP contribution >= 0.6 is 23.5 Å². The molecule has 35 heavy (non-hydrogen) atoms. The van der Waals surface area contributed by atoms with Crippen LogP contribution in [0.2, 0.25) is 0 Å². The molecule has 10 nitrogen and oxygen atoms in total. The van der Waals surface area contributed by atoms with E-state index in [4.69, 9.17) is 4.74 Å². The van der Waals surface area contributed by atoms with Crippen molar-refractivity contribution in [2.24, 2.45) is 15.9 Å². The van der Waals surface area contributed by atoms with Gasteiger partial charge in [0.1, 0.15) is 6.61 Å². The summed E-state index contributed by atoms with van der Waals surface area (Å²) >= 11 is 3.19. The standard InChI is InChI=1S/C23H38N6O4S2/c1-6-12-35-21(18(3)4)25-8-10-28(5)22(31)27-14-20(30)29(7-2)11-9-26-23(32)33-15-19-13-24-17-34-16-19/h6,13,17-18H,1,7-12,14-16H2,2-5H3,(H,26,32)(H,27,31). The van der Waals surface area contributed by atoms with Crippen molar-refractivity contribution in [2.45, 2.75) is 20.8 Å². The van der Waals surface area contributed by atoms with E-state index in [9.17, 15) is 14.4 Å². The molecule has 0 aromatic heterocycles. The molecule has 0 saturated carbocycles. The van der Waals surface area contributed by atoms with Crippen molar-refractivity contribution in [2.75, 3.05) is 64.4 Å². The Hall–Kier alpha value is -2.47. The van der Waals surface area contributed by atoms with Crippen LogP contribution in [0.4, 0.5) is 9.59 Å². The van der Waals surface area contributed by atoms with E-state index in [1.807, 2.05) is 13.0 Å². The number of amides is 4. The second kappa shape index (κ2) is 17.9. The molecule has 0 radical (unpaired) electrons. The molecule has 0 saturated heterocycles. The first kappa shape index (κ1) is 30.6. The van der Waals surface area contributed by atoms with Crippen molar-refractivity contribution in [3.8, 4) is 0 Å². The van der Waals surface area contributed by atoms with Gasteiger partial charge in [0.15, 0.2) is 0 Å². The number of thioether (sulfide) groups is 2. The predicted octanol–water partition coefficient (Wildman–Crippen LogP) is 2.84. The number of alkyl carbamates (subject to hydrolysis) is 1. The van der Waals surface area contributed by atoms with Gasteiger partial charge in [-0.2, -0.15) is 0 Å². The summed E-state index contributed by atoms with van der Waals surface area (Å²) in [6, 6.07) is -0.337. The summed E-state index contributed by atoms with van der Waals surface area (Å²) in [5.41, 5.74) is 2.67. The van der Waals surface area contributed by atoms with Crippen LogP contribution in [0.1, 0.15) is 20.8 Å². The highest BCUT2D eigenvalue weighted by molar-refractivity contribution is 8.14. The lowest BCUT2D eigenvalue weighted by molar-refractivity contribution is -0.129.